The first-order valence-corrected chi connectivity index (χ1v) is 10.2. The zero-order valence-corrected chi connectivity index (χ0v) is 16.0. The van der Waals surface area contributed by atoms with E-state index in [9.17, 15) is 4.79 Å². The van der Waals surface area contributed by atoms with E-state index < -0.39 is 0 Å². The van der Waals surface area contributed by atoms with Crippen LogP contribution >= 0.6 is 23.1 Å². The third kappa shape index (κ3) is 3.32. The molecule has 4 rings (SSSR count). The van der Waals surface area contributed by atoms with E-state index in [2.05, 4.69) is 22.3 Å². The van der Waals surface area contributed by atoms with Crippen molar-refractivity contribution in [3.63, 3.8) is 0 Å². The summed E-state index contributed by atoms with van der Waals surface area (Å²) >= 11 is 3.05. The lowest BCUT2D eigenvalue weighted by Crippen LogP contribution is -2.31. The second-order valence-electron chi connectivity index (χ2n) is 5.85. The molecule has 0 unspecified atom stereocenters. The molecule has 132 valence electrons. The van der Waals surface area contributed by atoms with Gasteiger partial charge in [-0.3, -0.25) is 9.20 Å². The van der Waals surface area contributed by atoms with Crippen LogP contribution in [-0.2, 0) is 11.3 Å². The molecule has 0 aliphatic heterocycles. The molecule has 0 saturated carbocycles. The summed E-state index contributed by atoms with van der Waals surface area (Å²) in [6.07, 6.45) is 0. The average Bonchev–Trinajstić information content (AvgIpc) is 3.24. The Morgan fingerprint density at radius 3 is 2.69 bits per heavy atom. The molecule has 0 radical (unpaired) electrons. The lowest BCUT2D eigenvalue weighted by atomic mass is 10.2. The zero-order valence-electron chi connectivity index (χ0n) is 14.3. The Kier molecular flexibility index (Phi) is 4.90. The number of hydrogen-bond donors (Lipinski definition) is 0. The molecule has 4 aromatic rings. The third-order valence-corrected chi connectivity index (χ3v) is 6.11. The van der Waals surface area contributed by atoms with Crippen LogP contribution < -0.4 is 0 Å². The lowest BCUT2D eigenvalue weighted by Gasteiger charge is -2.20. The highest BCUT2D eigenvalue weighted by molar-refractivity contribution is 7.99. The van der Waals surface area contributed by atoms with Crippen molar-refractivity contribution in [1.29, 1.82) is 0 Å². The van der Waals surface area contributed by atoms with Crippen molar-refractivity contribution in [3.8, 4) is 0 Å². The number of carbonyl (C=O) groups is 1. The quantitative estimate of drug-likeness (QED) is 0.472. The van der Waals surface area contributed by atoms with Crippen molar-refractivity contribution in [3.05, 3.63) is 60.2 Å². The molecule has 2 heterocycles. The number of hydrogen-bond acceptors (Lipinski definition) is 5. The Hall–Kier alpha value is -2.38. The summed E-state index contributed by atoms with van der Waals surface area (Å²) in [5.41, 5.74) is 2.23. The number of carbonyl (C=O) groups excluding carboxylic acids is 1. The topological polar surface area (TPSA) is 50.5 Å². The van der Waals surface area contributed by atoms with E-state index >= 15 is 0 Å². The Bertz CT molecular complexity index is 1040. The molecule has 0 aliphatic carbocycles. The molecule has 2 aromatic carbocycles. The summed E-state index contributed by atoms with van der Waals surface area (Å²) in [5, 5.41) is 9.28. The minimum atomic E-state index is 0.109. The highest BCUT2D eigenvalue weighted by atomic mass is 32.2. The fourth-order valence-electron chi connectivity index (χ4n) is 2.85. The van der Waals surface area contributed by atoms with Gasteiger partial charge < -0.3 is 4.90 Å². The maximum absolute atomic E-state index is 12.7. The van der Waals surface area contributed by atoms with E-state index in [1.54, 1.807) is 11.3 Å². The van der Waals surface area contributed by atoms with Gasteiger partial charge in [-0.05, 0) is 24.6 Å². The smallest absolute Gasteiger partial charge is 0.233 e. The second-order valence-corrected chi connectivity index (χ2v) is 7.80. The van der Waals surface area contributed by atoms with Gasteiger partial charge in [-0.1, -0.05) is 65.6 Å². The van der Waals surface area contributed by atoms with Gasteiger partial charge in [0.1, 0.15) is 0 Å². The molecular weight excluding hydrogens is 364 g/mol. The summed E-state index contributed by atoms with van der Waals surface area (Å²) < 4.78 is 3.20. The Labute approximate surface area is 159 Å². The minimum Gasteiger partial charge on any atom is -0.338 e. The average molecular weight is 383 g/mol. The monoisotopic (exact) mass is 382 g/mol. The molecule has 7 heteroatoms. The van der Waals surface area contributed by atoms with Gasteiger partial charge in [0.2, 0.25) is 10.9 Å². The molecule has 0 fully saturated rings. The first-order chi connectivity index (χ1) is 12.8. The van der Waals surface area contributed by atoms with Crippen LogP contribution in [0.4, 0.5) is 0 Å². The van der Waals surface area contributed by atoms with Crippen molar-refractivity contribution in [2.24, 2.45) is 0 Å². The van der Waals surface area contributed by atoms with Crippen molar-refractivity contribution >= 4 is 44.2 Å². The molecule has 0 atom stereocenters. The van der Waals surface area contributed by atoms with Crippen LogP contribution in [0.1, 0.15) is 12.5 Å². The van der Waals surface area contributed by atoms with E-state index in [0.29, 0.717) is 18.8 Å². The number of thiazole rings is 1. The van der Waals surface area contributed by atoms with Crippen molar-refractivity contribution in [2.45, 2.75) is 18.6 Å². The van der Waals surface area contributed by atoms with Crippen LogP contribution in [0.15, 0.2) is 59.8 Å². The molecule has 5 nitrogen and oxygen atoms in total. The van der Waals surface area contributed by atoms with Crippen LogP contribution in [0, 0.1) is 0 Å². The van der Waals surface area contributed by atoms with Gasteiger partial charge in [0.05, 0.1) is 16.0 Å². The fraction of sp³-hybridized carbons (Fsp3) is 0.211. The number of para-hydroxylation sites is 1. The summed E-state index contributed by atoms with van der Waals surface area (Å²) in [6.45, 7) is 3.32. The largest absolute Gasteiger partial charge is 0.338 e. The summed E-state index contributed by atoms with van der Waals surface area (Å²) in [5.74, 6) is 0.462. The van der Waals surface area contributed by atoms with Gasteiger partial charge in [-0.25, -0.2) is 0 Å². The molecule has 0 bridgehead atoms. The van der Waals surface area contributed by atoms with Crippen LogP contribution in [0.2, 0.25) is 0 Å². The maximum atomic E-state index is 12.7. The molecule has 0 spiro atoms. The first-order valence-electron chi connectivity index (χ1n) is 8.43. The Balaban J connectivity index is 1.49. The number of amides is 1. The number of benzene rings is 2. The number of thioether (sulfide) groups is 1. The van der Waals surface area contributed by atoms with E-state index in [4.69, 9.17) is 0 Å². The van der Waals surface area contributed by atoms with Crippen LogP contribution in [-0.4, -0.2) is 37.7 Å². The molecule has 26 heavy (non-hydrogen) atoms. The van der Waals surface area contributed by atoms with E-state index in [1.807, 2.05) is 58.7 Å². The molecule has 2 aromatic heterocycles. The van der Waals surface area contributed by atoms with Gasteiger partial charge in [0.15, 0.2) is 5.16 Å². The standard InChI is InChI=1S/C19H18N4OS2/c1-2-22(12-14-8-4-3-5-9-14)17(24)13-25-18-20-21-19-23(18)15-10-6-7-11-16(15)26-19/h3-11H,2,12-13H2,1H3. The van der Waals surface area contributed by atoms with E-state index in [-0.39, 0.29) is 5.91 Å². The lowest BCUT2D eigenvalue weighted by molar-refractivity contribution is -0.128. The van der Waals surface area contributed by atoms with Gasteiger partial charge in [-0.2, -0.15) is 0 Å². The second kappa shape index (κ2) is 7.47. The SMILES string of the molecule is CCN(Cc1ccccc1)C(=O)CSc1nnc2sc3ccccc3n12. The number of aromatic nitrogens is 3. The minimum absolute atomic E-state index is 0.109. The maximum Gasteiger partial charge on any atom is 0.233 e. The molecule has 0 aliphatic rings. The number of nitrogens with zero attached hydrogens (tertiary/aromatic N) is 4. The van der Waals surface area contributed by atoms with Gasteiger partial charge in [0, 0.05) is 13.1 Å². The molecule has 1 amide bonds. The Morgan fingerprint density at radius 2 is 1.88 bits per heavy atom. The van der Waals surface area contributed by atoms with Gasteiger partial charge >= 0.3 is 0 Å². The van der Waals surface area contributed by atoms with E-state index in [0.717, 1.165) is 21.2 Å². The summed E-state index contributed by atoms with van der Waals surface area (Å²) in [7, 11) is 0. The summed E-state index contributed by atoms with van der Waals surface area (Å²) in [6, 6.07) is 18.2. The van der Waals surface area contributed by atoms with Crippen molar-refractivity contribution in [2.75, 3.05) is 12.3 Å². The van der Waals surface area contributed by atoms with Crippen LogP contribution in [0.3, 0.4) is 0 Å². The van der Waals surface area contributed by atoms with Crippen LogP contribution in [0.5, 0.6) is 0 Å². The highest BCUT2D eigenvalue weighted by Gasteiger charge is 2.17. The summed E-state index contributed by atoms with van der Waals surface area (Å²) in [4.78, 5) is 15.4. The van der Waals surface area contributed by atoms with Gasteiger partial charge in [-0.15, -0.1) is 10.2 Å². The van der Waals surface area contributed by atoms with Gasteiger partial charge in [0.25, 0.3) is 0 Å². The van der Waals surface area contributed by atoms with Crippen molar-refractivity contribution in [1.82, 2.24) is 19.5 Å². The third-order valence-electron chi connectivity index (χ3n) is 4.19. The highest BCUT2D eigenvalue weighted by Crippen LogP contribution is 2.29. The predicted octanol–water partition coefficient (Wildman–Crippen LogP) is 4.08. The normalized spacial score (nSPS) is 11.3. The molecular formula is C19H18N4OS2. The fourth-order valence-corrected chi connectivity index (χ4v) is 4.72. The number of fused-ring (bicyclic) bond motifs is 3. The molecule has 0 saturated heterocycles. The number of rotatable bonds is 6. The Morgan fingerprint density at radius 1 is 1.12 bits per heavy atom. The van der Waals surface area contributed by atoms with E-state index in [1.165, 1.54) is 16.5 Å². The van der Waals surface area contributed by atoms with Crippen molar-refractivity contribution < 1.29 is 4.79 Å². The molecule has 0 N–H and O–H groups in total. The predicted molar refractivity (Wildman–Crippen MR) is 107 cm³/mol. The van der Waals surface area contributed by atoms with Crippen LogP contribution in [0.25, 0.3) is 15.2 Å². The first kappa shape index (κ1) is 17.1. The zero-order chi connectivity index (χ0) is 17.9.